The van der Waals surface area contributed by atoms with Crippen molar-refractivity contribution in [3.63, 3.8) is 0 Å². The molecule has 6 heteroatoms. The largest absolute Gasteiger partial charge is 0.469 e. The quantitative estimate of drug-likeness (QED) is 0.813. The number of amides is 2. The summed E-state index contributed by atoms with van der Waals surface area (Å²) in [6.07, 6.45) is 4.46. The Balaban J connectivity index is 1.62. The highest BCUT2D eigenvalue weighted by molar-refractivity contribution is 5.74. The minimum Gasteiger partial charge on any atom is -0.469 e. The number of aromatic nitrogens is 1. The maximum Gasteiger partial charge on any atom is 0.315 e. The Labute approximate surface area is 134 Å². The summed E-state index contributed by atoms with van der Waals surface area (Å²) in [5.41, 5.74) is 3.17. The predicted molar refractivity (Wildman–Crippen MR) is 86.3 cm³/mol. The fourth-order valence-electron chi connectivity index (χ4n) is 3.12. The van der Waals surface area contributed by atoms with Crippen molar-refractivity contribution in [1.82, 2.24) is 15.6 Å². The maximum atomic E-state index is 12.1. The number of fused-ring (bicyclic) bond motifs is 1. The molecule has 0 fully saturated rings. The van der Waals surface area contributed by atoms with Gasteiger partial charge >= 0.3 is 6.03 Å². The second-order valence-electron chi connectivity index (χ2n) is 6.01. The minimum atomic E-state index is -0.275. The first-order valence-electron chi connectivity index (χ1n) is 7.84. The summed E-state index contributed by atoms with van der Waals surface area (Å²) in [5.74, 6) is 0.951. The van der Waals surface area contributed by atoms with Crippen LogP contribution in [0.3, 0.4) is 0 Å². The summed E-state index contributed by atoms with van der Waals surface area (Å²) in [6.45, 7) is 3.91. The van der Waals surface area contributed by atoms with Crippen molar-refractivity contribution in [3.8, 4) is 0 Å². The Hall–Kier alpha value is -2.50. The highest BCUT2D eigenvalue weighted by Crippen LogP contribution is 2.30. The van der Waals surface area contributed by atoms with Crippen LogP contribution < -0.4 is 16.2 Å². The van der Waals surface area contributed by atoms with E-state index in [1.807, 2.05) is 26.0 Å². The van der Waals surface area contributed by atoms with Crippen LogP contribution in [0, 0.1) is 13.8 Å². The summed E-state index contributed by atoms with van der Waals surface area (Å²) in [6, 6.07) is 3.50. The third-order valence-electron chi connectivity index (χ3n) is 4.28. The smallest absolute Gasteiger partial charge is 0.315 e. The summed E-state index contributed by atoms with van der Waals surface area (Å²) in [4.78, 5) is 26.8. The van der Waals surface area contributed by atoms with E-state index in [2.05, 4.69) is 15.6 Å². The van der Waals surface area contributed by atoms with E-state index in [1.54, 1.807) is 6.26 Å². The van der Waals surface area contributed by atoms with E-state index in [0.717, 1.165) is 41.8 Å². The number of carbonyl (C=O) groups is 1. The summed E-state index contributed by atoms with van der Waals surface area (Å²) >= 11 is 0. The van der Waals surface area contributed by atoms with Crippen molar-refractivity contribution >= 4 is 6.03 Å². The summed E-state index contributed by atoms with van der Waals surface area (Å²) in [7, 11) is 0. The molecule has 1 aliphatic rings. The Morgan fingerprint density at radius 3 is 3.04 bits per heavy atom. The van der Waals surface area contributed by atoms with Crippen molar-refractivity contribution in [3.05, 3.63) is 56.9 Å². The van der Waals surface area contributed by atoms with Gasteiger partial charge in [0.15, 0.2) is 0 Å². The van der Waals surface area contributed by atoms with Crippen LogP contribution in [0.5, 0.6) is 0 Å². The van der Waals surface area contributed by atoms with E-state index in [4.69, 9.17) is 4.42 Å². The van der Waals surface area contributed by atoms with Crippen LogP contribution in [0.1, 0.15) is 47.0 Å². The van der Waals surface area contributed by atoms with Gasteiger partial charge in [0.2, 0.25) is 0 Å². The van der Waals surface area contributed by atoms with Gasteiger partial charge in [0.25, 0.3) is 5.56 Å². The number of aromatic amines is 1. The topological polar surface area (TPSA) is 87.1 Å². The van der Waals surface area contributed by atoms with Crippen molar-refractivity contribution < 1.29 is 9.21 Å². The van der Waals surface area contributed by atoms with E-state index in [9.17, 15) is 9.59 Å². The van der Waals surface area contributed by atoms with Gasteiger partial charge in [0.05, 0.1) is 18.8 Å². The Kier molecular flexibility index (Phi) is 4.23. The molecule has 0 radical (unpaired) electrons. The second-order valence-corrected chi connectivity index (χ2v) is 6.01. The number of aryl methyl sites for hydroxylation is 3. The molecule has 1 aliphatic carbocycles. The van der Waals surface area contributed by atoms with E-state index >= 15 is 0 Å². The van der Waals surface area contributed by atoms with Gasteiger partial charge in [-0.05, 0) is 44.4 Å². The van der Waals surface area contributed by atoms with Crippen molar-refractivity contribution in [2.75, 3.05) is 0 Å². The standard InChI is InChI=1S/C17H21N3O3/c1-10-8-11(2)19-16(21)13(10)9-18-17(22)20-14-4-3-5-15-12(14)6-7-23-15/h6-8,14H,3-5,9H2,1-2H3,(H,19,21)(H2,18,20,22)/t14-/m1/s1. The van der Waals surface area contributed by atoms with Gasteiger partial charge in [-0.3, -0.25) is 4.79 Å². The fourth-order valence-corrected chi connectivity index (χ4v) is 3.12. The number of H-pyrrole nitrogens is 1. The van der Waals surface area contributed by atoms with Crippen LogP contribution in [0.4, 0.5) is 4.79 Å². The van der Waals surface area contributed by atoms with Crippen molar-refractivity contribution in [2.45, 2.75) is 45.7 Å². The number of hydrogen-bond acceptors (Lipinski definition) is 3. The van der Waals surface area contributed by atoms with Gasteiger partial charge in [0.1, 0.15) is 5.76 Å². The number of carbonyl (C=O) groups excluding carboxylic acids is 1. The number of urea groups is 1. The molecule has 0 saturated carbocycles. The first kappa shape index (κ1) is 15.4. The van der Waals surface area contributed by atoms with Crippen LogP contribution >= 0.6 is 0 Å². The van der Waals surface area contributed by atoms with Gasteiger partial charge in [-0.1, -0.05) is 0 Å². The molecular formula is C17H21N3O3. The lowest BCUT2D eigenvalue weighted by atomic mass is 9.93. The molecule has 122 valence electrons. The number of rotatable bonds is 3. The molecule has 2 aromatic heterocycles. The Morgan fingerprint density at radius 1 is 1.43 bits per heavy atom. The van der Waals surface area contributed by atoms with Crippen LogP contribution in [-0.4, -0.2) is 11.0 Å². The first-order chi connectivity index (χ1) is 11.0. The third kappa shape index (κ3) is 3.31. The third-order valence-corrected chi connectivity index (χ3v) is 4.28. The van der Waals surface area contributed by atoms with Crippen molar-refractivity contribution in [1.29, 1.82) is 0 Å². The van der Waals surface area contributed by atoms with Gasteiger partial charge in [0, 0.05) is 23.2 Å². The second kappa shape index (κ2) is 6.32. The van der Waals surface area contributed by atoms with Crippen LogP contribution in [0.2, 0.25) is 0 Å². The van der Waals surface area contributed by atoms with Crippen LogP contribution in [0.25, 0.3) is 0 Å². The molecule has 23 heavy (non-hydrogen) atoms. The zero-order chi connectivity index (χ0) is 16.4. The van der Waals surface area contributed by atoms with E-state index < -0.39 is 0 Å². The Morgan fingerprint density at radius 2 is 2.26 bits per heavy atom. The molecule has 2 amide bonds. The zero-order valence-electron chi connectivity index (χ0n) is 13.4. The molecule has 3 rings (SSSR count). The van der Waals surface area contributed by atoms with Gasteiger partial charge in [-0.25, -0.2) is 4.79 Å². The molecule has 2 aromatic rings. The van der Waals surface area contributed by atoms with E-state index in [1.165, 1.54) is 0 Å². The first-order valence-corrected chi connectivity index (χ1v) is 7.84. The highest BCUT2D eigenvalue weighted by Gasteiger charge is 2.23. The molecule has 0 unspecified atom stereocenters. The predicted octanol–water partition coefficient (Wildman–Crippen LogP) is 2.46. The molecule has 3 N–H and O–H groups in total. The lowest BCUT2D eigenvalue weighted by Gasteiger charge is -2.23. The number of furan rings is 1. The minimum absolute atomic E-state index is 0.0325. The molecule has 0 bridgehead atoms. The number of pyridine rings is 1. The normalized spacial score (nSPS) is 16.7. The van der Waals surface area contributed by atoms with Crippen LogP contribution in [-0.2, 0) is 13.0 Å². The van der Waals surface area contributed by atoms with E-state index in [-0.39, 0.29) is 24.2 Å². The SMILES string of the molecule is Cc1cc(C)c(CNC(=O)N[C@@H]2CCCc3occc32)c(=O)[nH]1. The van der Waals surface area contributed by atoms with Gasteiger partial charge in [-0.2, -0.15) is 0 Å². The summed E-state index contributed by atoms with van der Waals surface area (Å²) < 4.78 is 5.42. The molecule has 0 saturated heterocycles. The van der Waals surface area contributed by atoms with Crippen molar-refractivity contribution in [2.24, 2.45) is 0 Å². The van der Waals surface area contributed by atoms with Gasteiger partial charge in [-0.15, -0.1) is 0 Å². The molecular weight excluding hydrogens is 294 g/mol. The summed E-state index contributed by atoms with van der Waals surface area (Å²) in [5, 5.41) is 5.73. The van der Waals surface area contributed by atoms with E-state index in [0.29, 0.717) is 5.56 Å². The average molecular weight is 315 g/mol. The maximum absolute atomic E-state index is 12.1. The van der Waals surface area contributed by atoms with Gasteiger partial charge < -0.3 is 20.0 Å². The molecule has 2 heterocycles. The monoisotopic (exact) mass is 315 g/mol. The fraction of sp³-hybridized carbons (Fsp3) is 0.412. The molecule has 0 spiro atoms. The Bertz CT molecular complexity index is 776. The number of hydrogen-bond donors (Lipinski definition) is 3. The molecule has 0 aliphatic heterocycles. The lowest BCUT2D eigenvalue weighted by molar-refractivity contribution is 0.234. The van der Waals surface area contributed by atoms with Crippen LogP contribution in [0.15, 0.2) is 27.6 Å². The zero-order valence-corrected chi connectivity index (χ0v) is 13.4. The number of nitrogens with one attached hydrogen (secondary N) is 3. The molecule has 1 atom stereocenters. The average Bonchev–Trinajstić information content (AvgIpc) is 2.95. The molecule has 0 aromatic carbocycles. The molecule has 6 nitrogen and oxygen atoms in total. The lowest BCUT2D eigenvalue weighted by Crippen LogP contribution is -2.39. The highest BCUT2D eigenvalue weighted by atomic mass is 16.3.